The lowest BCUT2D eigenvalue weighted by atomic mass is 10.1. The molecule has 0 saturated carbocycles. The van der Waals surface area contributed by atoms with Crippen molar-refractivity contribution in [1.29, 1.82) is 0 Å². The van der Waals surface area contributed by atoms with Gasteiger partial charge in [-0.05, 0) is 33.6 Å². The first-order valence-electron chi connectivity index (χ1n) is 6.85. The minimum absolute atomic E-state index is 0.266. The van der Waals surface area contributed by atoms with Gasteiger partial charge in [0.25, 0.3) is 0 Å². The summed E-state index contributed by atoms with van der Waals surface area (Å²) in [6.07, 6.45) is 2.29. The van der Waals surface area contributed by atoms with Crippen LogP contribution in [-0.4, -0.2) is 67.5 Å². The lowest BCUT2D eigenvalue weighted by Gasteiger charge is -2.28. The smallest absolute Gasteiger partial charge is 0.329 e. The fourth-order valence-corrected chi connectivity index (χ4v) is 2.42. The van der Waals surface area contributed by atoms with E-state index in [9.17, 15) is 18.0 Å². The number of carbonyl (C=O) groups excluding carboxylic acids is 2. The van der Waals surface area contributed by atoms with Crippen molar-refractivity contribution in [3.05, 3.63) is 0 Å². The summed E-state index contributed by atoms with van der Waals surface area (Å²) < 4.78 is 29.0. The van der Waals surface area contributed by atoms with Crippen LogP contribution in [0, 0.1) is 0 Å². The van der Waals surface area contributed by atoms with Gasteiger partial charge in [-0.1, -0.05) is 0 Å². The van der Waals surface area contributed by atoms with E-state index in [1.165, 1.54) is 11.9 Å². The number of nitrogens with zero attached hydrogens (tertiary/aromatic N) is 2. The van der Waals surface area contributed by atoms with Gasteiger partial charge < -0.3 is 9.64 Å². The van der Waals surface area contributed by atoms with Gasteiger partial charge in [-0.3, -0.25) is 4.79 Å². The van der Waals surface area contributed by atoms with Crippen LogP contribution < -0.4 is 0 Å². The summed E-state index contributed by atoms with van der Waals surface area (Å²) in [5.74, 6) is -0.813. The maximum absolute atomic E-state index is 12.2. The summed E-state index contributed by atoms with van der Waals surface area (Å²) in [6.45, 7) is 5.48. The molecule has 1 heterocycles. The highest BCUT2D eigenvalue weighted by Crippen LogP contribution is 2.21. The van der Waals surface area contributed by atoms with E-state index in [0.717, 1.165) is 10.6 Å². The fourth-order valence-electron chi connectivity index (χ4n) is 2.08. The molecule has 1 aliphatic heterocycles. The largest absolute Gasteiger partial charge is 0.458 e. The van der Waals surface area contributed by atoms with Crippen LogP contribution in [-0.2, 0) is 24.3 Å². The number of rotatable bonds is 4. The highest BCUT2D eigenvalue weighted by atomic mass is 32.2. The number of carbonyl (C=O) groups is 2. The van der Waals surface area contributed by atoms with E-state index < -0.39 is 27.6 Å². The lowest BCUT2D eigenvalue weighted by Crippen LogP contribution is -2.47. The fraction of sp³-hybridized carbons (Fsp3) is 0.846. The Kier molecular flexibility index (Phi) is 5.38. The Labute approximate surface area is 126 Å². The Morgan fingerprint density at radius 3 is 2.38 bits per heavy atom. The number of likely N-dealkylation sites (N-methyl/N-ethyl adjacent to an activating group) is 1. The third kappa shape index (κ3) is 5.28. The first-order chi connectivity index (χ1) is 9.42. The molecule has 0 unspecified atom stereocenters. The van der Waals surface area contributed by atoms with Crippen molar-refractivity contribution in [2.45, 2.75) is 45.3 Å². The molecule has 1 aliphatic rings. The topological polar surface area (TPSA) is 84.0 Å². The standard InChI is InChI=1S/C13H24N2O5S/c1-13(2,3)20-12(17)10-7-6-8-15(10)11(16)9-14(4)21(5,18)19/h10H,6-9H2,1-5H3/t10-/m1/s1. The highest BCUT2D eigenvalue weighted by molar-refractivity contribution is 7.88. The molecule has 0 aromatic carbocycles. The van der Waals surface area contributed by atoms with E-state index in [0.29, 0.717) is 19.4 Å². The number of ether oxygens (including phenoxy) is 1. The predicted octanol–water partition coefficient (Wildman–Crippen LogP) is 0.211. The van der Waals surface area contributed by atoms with Crippen molar-refractivity contribution in [2.24, 2.45) is 0 Å². The first kappa shape index (κ1) is 17.9. The molecule has 0 spiro atoms. The van der Waals surface area contributed by atoms with E-state index in [4.69, 9.17) is 4.74 Å². The second-order valence-electron chi connectivity index (χ2n) is 6.30. The zero-order valence-electron chi connectivity index (χ0n) is 13.2. The summed E-state index contributed by atoms with van der Waals surface area (Å²) in [6, 6.07) is -0.621. The number of hydrogen-bond donors (Lipinski definition) is 0. The van der Waals surface area contributed by atoms with Crippen molar-refractivity contribution >= 4 is 21.9 Å². The van der Waals surface area contributed by atoms with Gasteiger partial charge in [-0.15, -0.1) is 0 Å². The van der Waals surface area contributed by atoms with Crippen LogP contribution in [0.1, 0.15) is 33.6 Å². The predicted molar refractivity (Wildman–Crippen MR) is 78.1 cm³/mol. The van der Waals surface area contributed by atoms with Crippen LogP contribution in [0.3, 0.4) is 0 Å². The van der Waals surface area contributed by atoms with Gasteiger partial charge in [0.2, 0.25) is 15.9 Å². The van der Waals surface area contributed by atoms with E-state index in [1.54, 1.807) is 20.8 Å². The van der Waals surface area contributed by atoms with Crippen molar-refractivity contribution in [3.8, 4) is 0 Å². The number of esters is 1. The number of amides is 1. The average molecular weight is 320 g/mol. The molecule has 0 aliphatic carbocycles. The second-order valence-corrected chi connectivity index (χ2v) is 8.39. The second kappa shape index (κ2) is 6.31. The Morgan fingerprint density at radius 1 is 1.33 bits per heavy atom. The number of hydrogen-bond acceptors (Lipinski definition) is 5. The summed E-state index contributed by atoms with van der Waals surface area (Å²) in [4.78, 5) is 25.7. The van der Waals surface area contributed by atoms with Crippen LogP contribution in [0.2, 0.25) is 0 Å². The average Bonchev–Trinajstić information content (AvgIpc) is 2.73. The maximum Gasteiger partial charge on any atom is 0.329 e. The third-order valence-electron chi connectivity index (χ3n) is 3.18. The van der Waals surface area contributed by atoms with E-state index in [1.807, 2.05) is 0 Å². The molecule has 0 bridgehead atoms. The molecule has 0 N–H and O–H groups in total. The molecular weight excluding hydrogens is 296 g/mol. The van der Waals surface area contributed by atoms with Crippen LogP contribution in [0.25, 0.3) is 0 Å². The van der Waals surface area contributed by atoms with E-state index in [-0.39, 0.29) is 12.5 Å². The van der Waals surface area contributed by atoms with Crippen LogP contribution >= 0.6 is 0 Å². The molecule has 1 atom stereocenters. The highest BCUT2D eigenvalue weighted by Gasteiger charge is 2.37. The number of sulfonamides is 1. The summed E-state index contributed by atoms with van der Waals surface area (Å²) in [5, 5.41) is 0. The monoisotopic (exact) mass is 320 g/mol. The molecule has 0 aromatic heterocycles. The first-order valence-corrected chi connectivity index (χ1v) is 8.70. The third-order valence-corrected chi connectivity index (χ3v) is 4.44. The zero-order chi connectivity index (χ0) is 16.4. The molecular formula is C13H24N2O5S. The SMILES string of the molecule is CN(CC(=O)N1CCC[C@@H]1C(=O)OC(C)(C)C)S(C)(=O)=O. The maximum atomic E-state index is 12.2. The molecule has 7 nitrogen and oxygen atoms in total. The van der Waals surface area contributed by atoms with Crippen molar-refractivity contribution in [1.82, 2.24) is 9.21 Å². The molecule has 1 saturated heterocycles. The zero-order valence-corrected chi connectivity index (χ0v) is 14.1. The minimum atomic E-state index is -3.42. The van der Waals surface area contributed by atoms with E-state index >= 15 is 0 Å². The summed E-state index contributed by atoms with van der Waals surface area (Å²) in [5.41, 5.74) is -0.613. The van der Waals surface area contributed by atoms with E-state index in [2.05, 4.69) is 0 Å². The van der Waals surface area contributed by atoms with Crippen molar-refractivity contribution in [2.75, 3.05) is 26.4 Å². The summed E-state index contributed by atoms with van der Waals surface area (Å²) >= 11 is 0. The Bertz CT molecular complexity index is 509. The minimum Gasteiger partial charge on any atom is -0.458 e. The van der Waals surface area contributed by atoms with Gasteiger partial charge in [0.15, 0.2) is 0 Å². The molecule has 0 aromatic rings. The molecule has 8 heteroatoms. The van der Waals surface area contributed by atoms with Crippen molar-refractivity contribution < 1.29 is 22.7 Å². The van der Waals surface area contributed by atoms with Crippen molar-refractivity contribution in [3.63, 3.8) is 0 Å². The van der Waals surface area contributed by atoms with Gasteiger partial charge in [-0.25, -0.2) is 13.2 Å². The summed E-state index contributed by atoms with van der Waals surface area (Å²) in [7, 11) is -2.09. The number of likely N-dealkylation sites (tertiary alicyclic amines) is 1. The normalized spacial score (nSPS) is 19.9. The molecule has 1 amide bonds. The Balaban J connectivity index is 2.73. The van der Waals surface area contributed by atoms with Crippen LogP contribution in [0.5, 0.6) is 0 Å². The Morgan fingerprint density at radius 2 is 1.90 bits per heavy atom. The molecule has 122 valence electrons. The lowest BCUT2D eigenvalue weighted by molar-refractivity contribution is -0.163. The Hall–Kier alpha value is -1.15. The van der Waals surface area contributed by atoms with Gasteiger partial charge in [0, 0.05) is 13.6 Å². The van der Waals surface area contributed by atoms with Crippen LogP contribution in [0.4, 0.5) is 0 Å². The van der Waals surface area contributed by atoms with Gasteiger partial charge in [0.1, 0.15) is 11.6 Å². The molecule has 21 heavy (non-hydrogen) atoms. The quantitative estimate of drug-likeness (QED) is 0.692. The molecule has 1 rings (SSSR count). The molecule has 0 radical (unpaired) electrons. The van der Waals surface area contributed by atoms with Gasteiger partial charge in [-0.2, -0.15) is 4.31 Å². The molecule has 1 fully saturated rings. The van der Waals surface area contributed by atoms with Gasteiger partial charge in [0.05, 0.1) is 12.8 Å². The van der Waals surface area contributed by atoms with Gasteiger partial charge >= 0.3 is 5.97 Å². The van der Waals surface area contributed by atoms with Crippen LogP contribution in [0.15, 0.2) is 0 Å².